The molecule has 4 saturated heterocycles. The van der Waals surface area contributed by atoms with E-state index in [0.29, 0.717) is 0 Å². The van der Waals surface area contributed by atoms with Crippen LogP contribution in [0.25, 0.3) is 0 Å². The summed E-state index contributed by atoms with van der Waals surface area (Å²) in [6.45, 7) is -0.347. The quantitative estimate of drug-likeness (QED) is 0.0686. The summed E-state index contributed by atoms with van der Waals surface area (Å²) in [4.78, 5) is 12.1. The molecule has 4 aliphatic rings. The molecule has 0 spiro atoms. The Bertz CT molecular complexity index is 1240. The third-order valence-electron chi connectivity index (χ3n) is 10.3. The van der Waals surface area contributed by atoms with Crippen molar-refractivity contribution in [2.75, 3.05) is 26.4 Å². The van der Waals surface area contributed by atoms with Crippen LogP contribution >= 0.6 is 0 Å². The number of nitrogens with one attached hydrogen (secondary N) is 1. The Hall–Kier alpha value is -1.45. The number of aliphatic hydroxyl groups excluding tert-OH is 15. The Labute approximate surface area is 325 Å². The van der Waals surface area contributed by atoms with Crippen LogP contribution in [-0.2, 0) is 42.7 Å². The number of carbonyl (C=O) groups excluding carboxylic acids is 1. The van der Waals surface area contributed by atoms with E-state index in [2.05, 4.69) is 5.32 Å². The minimum absolute atomic E-state index is 0.765. The van der Waals surface area contributed by atoms with Gasteiger partial charge in [0.2, 0.25) is 5.91 Å². The fourth-order valence-electron chi connectivity index (χ4n) is 6.87. The van der Waals surface area contributed by atoms with Crippen LogP contribution in [0.1, 0.15) is 20.8 Å². The van der Waals surface area contributed by atoms with Gasteiger partial charge < -0.3 is 120 Å². The van der Waals surface area contributed by atoms with E-state index in [0.717, 1.165) is 6.92 Å². The first-order valence-corrected chi connectivity index (χ1v) is 18.2. The molecule has 25 heteroatoms. The summed E-state index contributed by atoms with van der Waals surface area (Å²) in [5.74, 6) is -0.765. The summed E-state index contributed by atoms with van der Waals surface area (Å²) < 4.78 is 46.3. The molecule has 0 radical (unpaired) electrons. The largest absolute Gasteiger partial charge is 0.394 e. The van der Waals surface area contributed by atoms with E-state index >= 15 is 0 Å². The molecule has 4 fully saturated rings. The van der Waals surface area contributed by atoms with Crippen molar-refractivity contribution in [2.45, 2.75) is 168 Å². The van der Waals surface area contributed by atoms with Crippen molar-refractivity contribution in [1.82, 2.24) is 5.32 Å². The molecule has 0 aromatic carbocycles. The van der Waals surface area contributed by atoms with Crippen LogP contribution in [0.15, 0.2) is 0 Å². The molecule has 0 aromatic rings. The van der Waals surface area contributed by atoms with Gasteiger partial charge in [-0.25, -0.2) is 0 Å². The molecule has 24 atom stereocenters. The molecule has 25 nitrogen and oxygen atoms in total. The molecule has 0 aliphatic carbocycles. The number of hydrogen-bond acceptors (Lipinski definition) is 24. The van der Waals surface area contributed by atoms with E-state index in [1.807, 2.05) is 0 Å². The summed E-state index contributed by atoms with van der Waals surface area (Å²) in [6.07, 6.45) is -42.7. The van der Waals surface area contributed by atoms with Gasteiger partial charge in [-0.15, -0.1) is 0 Å². The zero-order valence-electron chi connectivity index (χ0n) is 31.1. The lowest BCUT2D eigenvalue weighted by atomic mass is 9.95. The zero-order valence-corrected chi connectivity index (χ0v) is 31.1. The molecule has 0 aromatic heterocycles. The topological polar surface area (TPSA) is 406 Å². The summed E-state index contributed by atoms with van der Waals surface area (Å²) in [5.41, 5.74) is 0. The van der Waals surface area contributed by atoms with Gasteiger partial charge >= 0.3 is 0 Å². The molecule has 4 heterocycles. The second-order valence-electron chi connectivity index (χ2n) is 14.4. The smallest absolute Gasteiger partial charge is 0.217 e. The van der Waals surface area contributed by atoms with Gasteiger partial charge in [0.05, 0.1) is 44.7 Å². The SMILES string of the molecule is CC(=O)NC(CO)C(OC1OC(CO)C(O)C(OC2OC(CO)C(O)C(O)C2OC2OC(C)C(O)C(O)C2O)C1OC1OC(C)C(O)C(O)C1O)C(O)C(O)CO. The van der Waals surface area contributed by atoms with Crippen LogP contribution in [0.3, 0.4) is 0 Å². The van der Waals surface area contributed by atoms with Crippen LogP contribution in [-0.4, -0.2) is 256 Å². The molecule has 24 unspecified atom stereocenters. The maximum atomic E-state index is 12.1. The van der Waals surface area contributed by atoms with E-state index in [9.17, 15) is 81.4 Å². The van der Waals surface area contributed by atoms with Crippen LogP contribution in [0, 0.1) is 0 Å². The summed E-state index contributed by atoms with van der Waals surface area (Å²) in [6, 6.07) is -1.57. The van der Waals surface area contributed by atoms with Gasteiger partial charge in [0.1, 0.15) is 104 Å². The third kappa shape index (κ3) is 10.7. The summed E-state index contributed by atoms with van der Waals surface area (Å²) in [7, 11) is 0. The molecule has 0 bridgehead atoms. The minimum Gasteiger partial charge on any atom is -0.394 e. The van der Waals surface area contributed by atoms with Crippen LogP contribution < -0.4 is 5.32 Å². The number of amides is 1. The number of hydrogen-bond donors (Lipinski definition) is 16. The highest BCUT2D eigenvalue weighted by Gasteiger charge is 2.57. The average Bonchev–Trinajstić information content (AvgIpc) is 3.18. The molecular formula is C32H57NO24. The van der Waals surface area contributed by atoms with Gasteiger partial charge in [0.25, 0.3) is 0 Å². The van der Waals surface area contributed by atoms with E-state index in [1.165, 1.54) is 13.8 Å². The predicted molar refractivity (Wildman–Crippen MR) is 178 cm³/mol. The van der Waals surface area contributed by atoms with Crippen molar-refractivity contribution < 1.29 is 119 Å². The van der Waals surface area contributed by atoms with Crippen molar-refractivity contribution in [3.63, 3.8) is 0 Å². The third-order valence-corrected chi connectivity index (χ3v) is 10.3. The molecule has 1 amide bonds. The Balaban J connectivity index is 1.80. The molecule has 0 saturated carbocycles. The van der Waals surface area contributed by atoms with Gasteiger partial charge in [-0.3, -0.25) is 4.79 Å². The standard InChI is InChI=1S/C32H57NO24/c1-8-15(40)20(45)23(48)29(50-8)56-27-22(47)18(43)13(6-36)52-31(27)55-26-19(44)14(7-37)53-32(28(26)57-30-24(49)21(46)16(41)9(2)51-30)54-25(17(42)12(39)5-35)11(4-34)33-10(3)38/h8-9,11-32,34-37,39-49H,4-7H2,1-3H3,(H,33,38). The lowest BCUT2D eigenvalue weighted by molar-refractivity contribution is -0.407. The average molecular weight is 840 g/mol. The van der Waals surface area contributed by atoms with Crippen molar-refractivity contribution in [1.29, 1.82) is 0 Å². The van der Waals surface area contributed by atoms with E-state index in [1.54, 1.807) is 0 Å². The van der Waals surface area contributed by atoms with E-state index in [4.69, 9.17) is 37.9 Å². The summed E-state index contributed by atoms with van der Waals surface area (Å²) in [5, 5.41) is 160. The van der Waals surface area contributed by atoms with Crippen molar-refractivity contribution in [3.8, 4) is 0 Å². The maximum Gasteiger partial charge on any atom is 0.217 e. The van der Waals surface area contributed by atoms with Crippen molar-refractivity contribution in [2.24, 2.45) is 0 Å². The van der Waals surface area contributed by atoms with Crippen LogP contribution in [0.5, 0.6) is 0 Å². The number of ether oxygens (including phenoxy) is 8. The summed E-state index contributed by atoms with van der Waals surface area (Å²) >= 11 is 0. The van der Waals surface area contributed by atoms with Gasteiger partial charge in [-0.2, -0.15) is 0 Å². The van der Waals surface area contributed by atoms with Crippen LogP contribution in [0.2, 0.25) is 0 Å². The zero-order chi connectivity index (χ0) is 42.6. The fraction of sp³-hybridized carbons (Fsp3) is 0.969. The molecule has 334 valence electrons. The highest BCUT2D eigenvalue weighted by molar-refractivity contribution is 5.73. The van der Waals surface area contributed by atoms with Gasteiger partial charge in [-0.05, 0) is 13.8 Å². The van der Waals surface area contributed by atoms with Crippen molar-refractivity contribution in [3.05, 3.63) is 0 Å². The van der Waals surface area contributed by atoms with E-state index in [-0.39, 0.29) is 0 Å². The number of aliphatic hydroxyl groups is 15. The maximum absolute atomic E-state index is 12.1. The monoisotopic (exact) mass is 839 g/mol. The Kier molecular flexibility index (Phi) is 17.7. The highest BCUT2D eigenvalue weighted by Crippen LogP contribution is 2.36. The molecule has 16 N–H and O–H groups in total. The number of rotatable bonds is 16. The second-order valence-corrected chi connectivity index (χ2v) is 14.4. The first-order chi connectivity index (χ1) is 26.8. The van der Waals surface area contributed by atoms with Gasteiger partial charge in [0, 0.05) is 6.92 Å². The van der Waals surface area contributed by atoms with E-state index < -0.39 is 180 Å². The Morgan fingerprint density at radius 3 is 1.51 bits per heavy atom. The molecular weight excluding hydrogens is 782 g/mol. The predicted octanol–water partition coefficient (Wildman–Crippen LogP) is -10.1. The van der Waals surface area contributed by atoms with Crippen LogP contribution in [0.4, 0.5) is 0 Å². The normalized spacial score (nSPS) is 46.5. The van der Waals surface area contributed by atoms with Crippen molar-refractivity contribution >= 4 is 5.91 Å². The Morgan fingerprint density at radius 1 is 0.561 bits per heavy atom. The Morgan fingerprint density at radius 2 is 1.04 bits per heavy atom. The highest BCUT2D eigenvalue weighted by atomic mass is 16.8. The lowest BCUT2D eigenvalue weighted by Crippen LogP contribution is -2.69. The van der Waals surface area contributed by atoms with Gasteiger partial charge in [0.15, 0.2) is 25.2 Å². The second kappa shape index (κ2) is 20.9. The molecule has 4 aliphatic heterocycles. The molecule has 57 heavy (non-hydrogen) atoms. The van der Waals surface area contributed by atoms with Gasteiger partial charge in [-0.1, -0.05) is 0 Å². The fourth-order valence-corrected chi connectivity index (χ4v) is 6.87. The molecule has 4 rings (SSSR count). The first-order valence-electron chi connectivity index (χ1n) is 18.2. The lowest BCUT2D eigenvalue weighted by Gasteiger charge is -2.50. The minimum atomic E-state index is -2.13. The number of carbonyl (C=O) groups is 1. The first kappa shape index (κ1) is 48.2.